The summed E-state index contributed by atoms with van der Waals surface area (Å²) in [5.74, 6) is 3.14. The maximum atomic E-state index is 6.13. The van der Waals surface area contributed by atoms with Crippen molar-refractivity contribution >= 4 is 27.7 Å². The van der Waals surface area contributed by atoms with E-state index in [4.69, 9.17) is 10.5 Å². The first-order chi connectivity index (χ1) is 7.27. The molecule has 2 nitrogen and oxygen atoms in total. The largest absolute Gasteiger partial charge is 0.493 e. The molecule has 0 fully saturated rings. The minimum atomic E-state index is 0.141. The summed E-state index contributed by atoms with van der Waals surface area (Å²) in [7, 11) is 0. The van der Waals surface area contributed by atoms with Gasteiger partial charge in [-0.05, 0) is 17.2 Å². The lowest BCUT2D eigenvalue weighted by Gasteiger charge is -2.25. The molecule has 0 bridgehead atoms. The van der Waals surface area contributed by atoms with Crippen LogP contribution in [-0.2, 0) is 12.2 Å². The SMILES string of the molecule is NC1CSCc2c3c(cc(Br)c21)CCO3. The number of nitrogens with two attached hydrogens (primary N) is 1. The van der Waals surface area contributed by atoms with E-state index in [1.165, 1.54) is 16.7 Å². The highest BCUT2D eigenvalue weighted by atomic mass is 79.9. The van der Waals surface area contributed by atoms with E-state index in [1.54, 1.807) is 0 Å². The van der Waals surface area contributed by atoms with Crippen molar-refractivity contribution in [2.75, 3.05) is 12.4 Å². The first-order valence-electron chi connectivity index (χ1n) is 5.07. The summed E-state index contributed by atoms with van der Waals surface area (Å²) in [5, 5.41) is 0. The molecule has 0 aromatic heterocycles. The van der Waals surface area contributed by atoms with Crippen LogP contribution < -0.4 is 10.5 Å². The predicted molar refractivity (Wildman–Crippen MR) is 66.4 cm³/mol. The fourth-order valence-electron chi connectivity index (χ4n) is 2.30. The third-order valence-electron chi connectivity index (χ3n) is 2.98. The lowest BCUT2D eigenvalue weighted by Crippen LogP contribution is -2.20. The molecule has 80 valence electrons. The van der Waals surface area contributed by atoms with Crippen molar-refractivity contribution in [3.05, 3.63) is 27.2 Å². The highest BCUT2D eigenvalue weighted by molar-refractivity contribution is 9.10. The average Bonchev–Trinajstić information content (AvgIpc) is 2.65. The first-order valence-corrected chi connectivity index (χ1v) is 7.02. The average molecular weight is 286 g/mol. The van der Waals surface area contributed by atoms with Gasteiger partial charge in [-0.15, -0.1) is 0 Å². The Bertz CT molecular complexity index is 422. The molecular formula is C11H12BrNOS. The van der Waals surface area contributed by atoms with Gasteiger partial charge in [-0.25, -0.2) is 0 Å². The lowest BCUT2D eigenvalue weighted by atomic mass is 9.98. The lowest BCUT2D eigenvalue weighted by molar-refractivity contribution is 0.353. The molecule has 4 heteroatoms. The molecular weight excluding hydrogens is 274 g/mol. The van der Waals surface area contributed by atoms with E-state index < -0.39 is 0 Å². The van der Waals surface area contributed by atoms with Crippen molar-refractivity contribution < 1.29 is 4.74 Å². The zero-order chi connectivity index (χ0) is 10.4. The van der Waals surface area contributed by atoms with Crippen LogP contribution in [-0.4, -0.2) is 12.4 Å². The van der Waals surface area contributed by atoms with Crippen LogP contribution in [0, 0.1) is 0 Å². The molecule has 1 aromatic carbocycles. The van der Waals surface area contributed by atoms with E-state index in [1.807, 2.05) is 11.8 Å². The van der Waals surface area contributed by atoms with Gasteiger partial charge in [-0.2, -0.15) is 11.8 Å². The summed E-state index contributed by atoms with van der Waals surface area (Å²) in [6.45, 7) is 0.818. The molecule has 2 heterocycles. The second-order valence-electron chi connectivity index (χ2n) is 3.96. The smallest absolute Gasteiger partial charge is 0.127 e. The molecule has 0 saturated heterocycles. The van der Waals surface area contributed by atoms with E-state index in [0.717, 1.165) is 34.8 Å². The van der Waals surface area contributed by atoms with Gasteiger partial charge >= 0.3 is 0 Å². The first kappa shape index (κ1) is 10.00. The molecule has 2 aliphatic heterocycles. The van der Waals surface area contributed by atoms with Crippen LogP contribution in [0.25, 0.3) is 0 Å². The topological polar surface area (TPSA) is 35.2 Å². The van der Waals surface area contributed by atoms with Gasteiger partial charge in [-0.3, -0.25) is 0 Å². The molecule has 3 rings (SSSR count). The van der Waals surface area contributed by atoms with Crippen molar-refractivity contribution in [2.45, 2.75) is 18.2 Å². The summed E-state index contributed by atoms with van der Waals surface area (Å²) in [6.07, 6.45) is 1.03. The Kier molecular flexibility index (Phi) is 2.45. The normalized spacial score (nSPS) is 23.2. The van der Waals surface area contributed by atoms with Crippen molar-refractivity contribution in [3.8, 4) is 5.75 Å². The van der Waals surface area contributed by atoms with Crippen LogP contribution in [0.2, 0.25) is 0 Å². The van der Waals surface area contributed by atoms with Gasteiger partial charge in [0.15, 0.2) is 0 Å². The molecule has 0 spiro atoms. The third-order valence-corrected chi connectivity index (χ3v) is 4.73. The molecule has 1 unspecified atom stereocenters. The number of halogens is 1. The fourth-order valence-corrected chi connectivity index (χ4v) is 4.14. The molecule has 0 radical (unpaired) electrons. The van der Waals surface area contributed by atoms with Gasteiger partial charge < -0.3 is 10.5 Å². The van der Waals surface area contributed by atoms with Crippen LogP contribution in [0.4, 0.5) is 0 Å². The summed E-state index contributed by atoms with van der Waals surface area (Å²) >= 11 is 5.53. The van der Waals surface area contributed by atoms with Crippen LogP contribution in [0.3, 0.4) is 0 Å². The number of ether oxygens (including phenoxy) is 1. The number of thioether (sulfide) groups is 1. The monoisotopic (exact) mass is 285 g/mol. The van der Waals surface area contributed by atoms with Crippen molar-refractivity contribution in [2.24, 2.45) is 5.73 Å². The Morgan fingerprint density at radius 2 is 2.40 bits per heavy atom. The Morgan fingerprint density at radius 3 is 3.27 bits per heavy atom. The van der Waals surface area contributed by atoms with Crippen molar-refractivity contribution in [1.29, 1.82) is 0 Å². The Hall–Kier alpha value is -0.190. The number of fused-ring (bicyclic) bond motifs is 3. The molecule has 0 saturated carbocycles. The fraction of sp³-hybridized carbons (Fsp3) is 0.455. The number of rotatable bonds is 0. The van der Waals surface area contributed by atoms with Crippen molar-refractivity contribution in [3.63, 3.8) is 0 Å². The minimum Gasteiger partial charge on any atom is -0.493 e. The minimum absolute atomic E-state index is 0.141. The third kappa shape index (κ3) is 1.50. The predicted octanol–water partition coefficient (Wildman–Crippen LogP) is 2.63. The molecule has 15 heavy (non-hydrogen) atoms. The Labute approximate surface area is 102 Å². The van der Waals surface area contributed by atoms with Crippen LogP contribution in [0.1, 0.15) is 22.7 Å². The van der Waals surface area contributed by atoms with Gasteiger partial charge in [-0.1, -0.05) is 15.9 Å². The standard InChI is InChI=1S/C11H12BrNOS/c12-8-3-6-1-2-14-11(6)7-4-15-5-9(13)10(7)8/h3,9H,1-2,4-5,13H2. The molecule has 0 aliphatic carbocycles. The van der Waals surface area contributed by atoms with Gasteiger partial charge in [0.05, 0.1) is 6.61 Å². The molecule has 2 N–H and O–H groups in total. The van der Waals surface area contributed by atoms with E-state index >= 15 is 0 Å². The maximum Gasteiger partial charge on any atom is 0.127 e. The quantitative estimate of drug-likeness (QED) is 0.796. The van der Waals surface area contributed by atoms with Crippen LogP contribution >= 0.6 is 27.7 Å². The summed E-state index contributed by atoms with van der Waals surface area (Å²) in [6, 6.07) is 2.32. The zero-order valence-corrected chi connectivity index (χ0v) is 10.7. The van der Waals surface area contributed by atoms with Gasteiger partial charge in [0, 0.05) is 34.0 Å². The van der Waals surface area contributed by atoms with E-state index in [2.05, 4.69) is 22.0 Å². The highest BCUT2D eigenvalue weighted by Crippen LogP contribution is 2.44. The molecule has 1 atom stereocenters. The molecule has 1 aromatic rings. The van der Waals surface area contributed by atoms with E-state index in [-0.39, 0.29) is 6.04 Å². The van der Waals surface area contributed by atoms with Crippen LogP contribution in [0.15, 0.2) is 10.5 Å². The number of benzene rings is 1. The zero-order valence-electron chi connectivity index (χ0n) is 8.25. The van der Waals surface area contributed by atoms with Gasteiger partial charge in [0.2, 0.25) is 0 Å². The second kappa shape index (κ2) is 3.68. The molecule has 2 aliphatic rings. The van der Waals surface area contributed by atoms with E-state index in [0.29, 0.717) is 0 Å². The van der Waals surface area contributed by atoms with Gasteiger partial charge in [0.25, 0.3) is 0 Å². The highest BCUT2D eigenvalue weighted by Gasteiger charge is 2.27. The second-order valence-corrected chi connectivity index (χ2v) is 5.84. The van der Waals surface area contributed by atoms with Crippen LogP contribution in [0.5, 0.6) is 5.75 Å². The molecule has 0 amide bonds. The summed E-state index contributed by atoms with van der Waals surface area (Å²) in [4.78, 5) is 0. The number of hydrogen-bond donors (Lipinski definition) is 1. The summed E-state index contributed by atoms with van der Waals surface area (Å²) in [5.41, 5.74) is 10.0. The summed E-state index contributed by atoms with van der Waals surface area (Å²) < 4.78 is 6.87. The van der Waals surface area contributed by atoms with Crippen molar-refractivity contribution in [1.82, 2.24) is 0 Å². The van der Waals surface area contributed by atoms with E-state index in [9.17, 15) is 0 Å². The Balaban J connectivity index is 2.24. The Morgan fingerprint density at radius 1 is 1.53 bits per heavy atom. The maximum absolute atomic E-state index is 6.13. The number of hydrogen-bond acceptors (Lipinski definition) is 3. The van der Waals surface area contributed by atoms with Gasteiger partial charge in [0.1, 0.15) is 5.75 Å².